The zero-order valence-corrected chi connectivity index (χ0v) is 18.1. The van der Waals surface area contributed by atoms with Gasteiger partial charge in [0, 0.05) is 0 Å². The molecule has 126 valence electrons. The fourth-order valence-corrected chi connectivity index (χ4v) is 20.4. The van der Waals surface area contributed by atoms with Crippen LogP contribution in [0.3, 0.4) is 0 Å². The Hall–Kier alpha value is -0.571. The van der Waals surface area contributed by atoms with Crippen LogP contribution < -0.4 is 3.58 Å². The number of aromatic nitrogens is 1. The molecule has 2 aromatic rings. The van der Waals surface area contributed by atoms with E-state index >= 15 is 0 Å². The molecule has 2 heteroatoms. The van der Waals surface area contributed by atoms with Gasteiger partial charge in [-0.15, -0.1) is 0 Å². The second kappa shape index (κ2) is 9.66. The van der Waals surface area contributed by atoms with Crippen molar-refractivity contribution in [3.8, 4) is 0 Å². The van der Waals surface area contributed by atoms with Crippen LogP contribution in [0.15, 0.2) is 36.7 Å². The molecule has 0 aliphatic rings. The van der Waals surface area contributed by atoms with Gasteiger partial charge in [0.2, 0.25) is 0 Å². The summed E-state index contributed by atoms with van der Waals surface area (Å²) in [5.41, 5.74) is 0. The van der Waals surface area contributed by atoms with Crippen LogP contribution in [0.4, 0.5) is 0 Å². The van der Waals surface area contributed by atoms with E-state index in [0.29, 0.717) is 0 Å². The van der Waals surface area contributed by atoms with Gasteiger partial charge in [0.05, 0.1) is 0 Å². The van der Waals surface area contributed by atoms with E-state index in [9.17, 15) is 0 Å². The Morgan fingerprint density at radius 3 is 1.91 bits per heavy atom. The molecule has 1 heterocycles. The minimum absolute atomic E-state index is 1.33. The van der Waals surface area contributed by atoms with E-state index in [1.807, 2.05) is 0 Å². The van der Waals surface area contributed by atoms with E-state index in [1.54, 1.807) is 3.58 Å². The number of rotatable bonds is 10. The Kier molecular flexibility index (Phi) is 7.88. The van der Waals surface area contributed by atoms with E-state index < -0.39 is 18.4 Å². The monoisotopic (exact) mass is 419 g/mol. The maximum atomic E-state index is 4.66. The van der Waals surface area contributed by atoms with E-state index in [1.165, 1.54) is 62.6 Å². The molecule has 0 bridgehead atoms. The van der Waals surface area contributed by atoms with Gasteiger partial charge < -0.3 is 0 Å². The van der Waals surface area contributed by atoms with Gasteiger partial charge in [-0.2, -0.15) is 0 Å². The molecule has 0 N–H and O–H groups in total. The first-order valence-corrected chi connectivity index (χ1v) is 17.1. The zero-order chi connectivity index (χ0) is 16.5. The summed E-state index contributed by atoms with van der Waals surface area (Å²) in [5, 5.41) is 2.86. The van der Waals surface area contributed by atoms with Gasteiger partial charge in [0.25, 0.3) is 0 Å². The molecule has 0 atom stereocenters. The second-order valence-corrected chi connectivity index (χ2v) is 20.1. The normalized spacial score (nSPS) is 12.0. The van der Waals surface area contributed by atoms with Crippen molar-refractivity contribution in [2.75, 3.05) is 0 Å². The fourth-order valence-electron chi connectivity index (χ4n) is 3.86. The Labute approximate surface area is 146 Å². The number of nitrogens with zero attached hydrogens (tertiary/aromatic N) is 1. The Balaban J connectivity index is 2.51. The fraction of sp³-hybridized carbons (Fsp3) is 0.571. The summed E-state index contributed by atoms with van der Waals surface area (Å²) in [6.07, 6.45) is 12.5. The van der Waals surface area contributed by atoms with Crippen LogP contribution in [0.25, 0.3) is 10.8 Å². The molecule has 1 nitrogen and oxygen atoms in total. The topological polar surface area (TPSA) is 12.9 Å². The van der Waals surface area contributed by atoms with Crippen LogP contribution in [0.2, 0.25) is 13.3 Å². The quantitative estimate of drug-likeness (QED) is 0.414. The molecule has 0 unspecified atom stereocenters. The Bertz CT molecular complexity index is 566. The zero-order valence-electron chi connectivity index (χ0n) is 15.3. The summed E-state index contributed by atoms with van der Waals surface area (Å²) in [4.78, 5) is 4.66. The molecular weight excluding hydrogens is 385 g/mol. The van der Waals surface area contributed by atoms with Crippen molar-refractivity contribution >= 4 is 32.7 Å². The summed E-state index contributed by atoms with van der Waals surface area (Å²) in [6, 6.07) is 8.95. The molecule has 0 aliphatic carbocycles. The SMILES string of the molecule is CCC[CH2][Sn]([CH2]CCC)([CH2]CCC)[c]1cncc2ccccc12. The van der Waals surface area contributed by atoms with Crippen LogP contribution in [0.5, 0.6) is 0 Å². The van der Waals surface area contributed by atoms with Crippen LogP contribution in [-0.2, 0) is 0 Å². The summed E-state index contributed by atoms with van der Waals surface area (Å²) in [7, 11) is 0. The molecule has 2 rings (SSSR count). The van der Waals surface area contributed by atoms with Crippen molar-refractivity contribution in [2.45, 2.75) is 72.6 Å². The Morgan fingerprint density at radius 1 is 0.783 bits per heavy atom. The molecule has 0 aliphatic heterocycles. The predicted octanol–water partition coefficient (Wildman–Crippen LogP) is 6.29. The van der Waals surface area contributed by atoms with E-state index in [-0.39, 0.29) is 0 Å². The van der Waals surface area contributed by atoms with Crippen LogP contribution in [-0.4, -0.2) is 23.4 Å². The molecule has 23 heavy (non-hydrogen) atoms. The summed E-state index contributed by atoms with van der Waals surface area (Å²) >= 11 is -2.37. The van der Waals surface area contributed by atoms with Crippen molar-refractivity contribution in [1.29, 1.82) is 0 Å². The van der Waals surface area contributed by atoms with Gasteiger partial charge in [0.1, 0.15) is 0 Å². The number of fused-ring (bicyclic) bond motifs is 1. The van der Waals surface area contributed by atoms with E-state index in [0.717, 1.165) is 0 Å². The molecule has 0 saturated heterocycles. The molecule has 0 spiro atoms. The third-order valence-electron chi connectivity index (χ3n) is 5.27. The average molecular weight is 418 g/mol. The van der Waals surface area contributed by atoms with Gasteiger partial charge in [-0.3, -0.25) is 0 Å². The summed E-state index contributed by atoms with van der Waals surface area (Å²) < 4.78 is 6.26. The molecular formula is C21H33NSn. The summed E-state index contributed by atoms with van der Waals surface area (Å²) in [6.45, 7) is 7.03. The van der Waals surface area contributed by atoms with Crippen LogP contribution in [0.1, 0.15) is 59.3 Å². The maximum absolute atomic E-state index is 4.66. The van der Waals surface area contributed by atoms with Crippen molar-refractivity contribution in [3.63, 3.8) is 0 Å². The number of hydrogen-bond donors (Lipinski definition) is 0. The van der Waals surface area contributed by atoms with Gasteiger partial charge >= 0.3 is 147 Å². The standard InChI is InChI=1S/C9H6N.3C4H9.Sn/c1-2-4-9-7-10-6-5-8(9)3-1;3*1-3-4-2;/h1-4,6-7H;3*1,3-4H2,2H3;. The van der Waals surface area contributed by atoms with Gasteiger partial charge in [0.15, 0.2) is 0 Å². The Morgan fingerprint density at radius 2 is 1.35 bits per heavy atom. The van der Waals surface area contributed by atoms with Gasteiger partial charge in [-0.05, 0) is 0 Å². The molecule has 0 fully saturated rings. The number of hydrogen-bond acceptors (Lipinski definition) is 1. The third kappa shape index (κ3) is 4.71. The van der Waals surface area contributed by atoms with Crippen molar-refractivity contribution < 1.29 is 0 Å². The average Bonchev–Trinajstić information content (AvgIpc) is 2.61. The minimum atomic E-state index is -2.37. The van der Waals surface area contributed by atoms with Gasteiger partial charge in [-0.1, -0.05) is 0 Å². The molecule has 0 radical (unpaired) electrons. The number of pyridine rings is 1. The van der Waals surface area contributed by atoms with Gasteiger partial charge in [-0.25, -0.2) is 0 Å². The first-order chi connectivity index (χ1) is 11.3. The van der Waals surface area contributed by atoms with Crippen LogP contribution >= 0.6 is 0 Å². The first kappa shape index (κ1) is 18.8. The number of benzene rings is 1. The first-order valence-electron chi connectivity index (χ1n) is 9.60. The molecule has 1 aromatic heterocycles. The van der Waals surface area contributed by atoms with Crippen molar-refractivity contribution in [1.82, 2.24) is 4.98 Å². The van der Waals surface area contributed by atoms with Crippen LogP contribution in [0, 0.1) is 0 Å². The number of unbranched alkanes of at least 4 members (excludes halogenated alkanes) is 3. The van der Waals surface area contributed by atoms with E-state index in [4.69, 9.17) is 0 Å². The second-order valence-electron chi connectivity index (χ2n) is 7.00. The molecule has 0 amide bonds. The predicted molar refractivity (Wildman–Crippen MR) is 106 cm³/mol. The van der Waals surface area contributed by atoms with Crippen molar-refractivity contribution in [3.05, 3.63) is 36.7 Å². The summed E-state index contributed by atoms with van der Waals surface area (Å²) in [5.74, 6) is 0. The molecule has 0 saturated carbocycles. The van der Waals surface area contributed by atoms with Crippen molar-refractivity contribution in [2.24, 2.45) is 0 Å². The third-order valence-corrected chi connectivity index (χ3v) is 20.9. The van der Waals surface area contributed by atoms with E-state index in [2.05, 4.69) is 62.4 Å². The molecule has 1 aromatic carbocycles.